The van der Waals surface area contributed by atoms with Crippen LogP contribution in [0.1, 0.15) is 37.3 Å². The van der Waals surface area contributed by atoms with Gasteiger partial charge in [-0.2, -0.15) is 0 Å². The first-order valence-electron chi connectivity index (χ1n) is 5.92. The minimum Gasteiger partial charge on any atom is -0.481 e. The maximum atomic E-state index is 11.3. The molecule has 0 spiro atoms. The molecular formula is C12H17N3O2. The van der Waals surface area contributed by atoms with E-state index in [0.717, 1.165) is 24.6 Å². The van der Waals surface area contributed by atoms with Crippen molar-refractivity contribution in [1.29, 1.82) is 0 Å². The Bertz CT molecular complexity index is 451. The number of aryl methyl sites for hydroxylation is 1. The summed E-state index contributed by atoms with van der Waals surface area (Å²) < 4.78 is 2.00. The zero-order chi connectivity index (χ0) is 12.4. The highest BCUT2D eigenvalue weighted by molar-refractivity contribution is 5.71. The van der Waals surface area contributed by atoms with Crippen LogP contribution in [0.3, 0.4) is 0 Å². The van der Waals surface area contributed by atoms with Gasteiger partial charge in [0.25, 0.3) is 0 Å². The van der Waals surface area contributed by atoms with Gasteiger partial charge in [0.2, 0.25) is 0 Å². The predicted octanol–water partition coefficient (Wildman–Crippen LogP) is 1.74. The Balaban J connectivity index is 2.36. The largest absolute Gasteiger partial charge is 0.481 e. The van der Waals surface area contributed by atoms with Crippen LogP contribution < -0.4 is 0 Å². The van der Waals surface area contributed by atoms with Crippen LogP contribution in [-0.2, 0) is 11.3 Å². The minimum absolute atomic E-state index is 0.0568. The summed E-state index contributed by atoms with van der Waals surface area (Å²) in [7, 11) is 0. The zero-order valence-corrected chi connectivity index (χ0v) is 10.1. The summed E-state index contributed by atoms with van der Waals surface area (Å²) in [4.78, 5) is 11.3. The summed E-state index contributed by atoms with van der Waals surface area (Å²) in [5, 5.41) is 17.5. The van der Waals surface area contributed by atoms with Crippen molar-refractivity contribution < 1.29 is 9.90 Å². The van der Waals surface area contributed by atoms with Crippen molar-refractivity contribution in [3.8, 4) is 0 Å². The van der Waals surface area contributed by atoms with Crippen LogP contribution in [0, 0.1) is 12.8 Å². The van der Waals surface area contributed by atoms with Crippen LogP contribution in [0.5, 0.6) is 0 Å². The number of rotatable bonds is 3. The smallest absolute Gasteiger partial charge is 0.307 e. The van der Waals surface area contributed by atoms with E-state index in [4.69, 9.17) is 0 Å². The molecule has 17 heavy (non-hydrogen) atoms. The first kappa shape index (κ1) is 11.8. The highest BCUT2D eigenvalue weighted by Gasteiger charge is 2.33. The van der Waals surface area contributed by atoms with Gasteiger partial charge in [0, 0.05) is 12.5 Å². The van der Waals surface area contributed by atoms with Crippen molar-refractivity contribution in [2.75, 3.05) is 0 Å². The van der Waals surface area contributed by atoms with Gasteiger partial charge in [-0.1, -0.05) is 12.2 Å². The monoisotopic (exact) mass is 235 g/mol. The topological polar surface area (TPSA) is 68.0 Å². The number of hydrogen-bond acceptors (Lipinski definition) is 3. The van der Waals surface area contributed by atoms with Crippen LogP contribution in [0.2, 0.25) is 0 Å². The van der Waals surface area contributed by atoms with Gasteiger partial charge < -0.3 is 9.67 Å². The molecule has 2 rings (SSSR count). The van der Waals surface area contributed by atoms with Gasteiger partial charge in [0.05, 0.1) is 5.92 Å². The number of nitrogens with zero attached hydrogens (tertiary/aromatic N) is 3. The van der Waals surface area contributed by atoms with E-state index in [1.807, 2.05) is 30.6 Å². The quantitative estimate of drug-likeness (QED) is 0.810. The van der Waals surface area contributed by atoms with Gasteiger partial charge >= 0.3 is 5.97 Å². The molecule has 0 aliphatic heterocycles. The van der Waals surface area contributed by atoms with E-state index >= 15 is 0 Å². The van der Waals surface area contributed by atoms with E-state index in [9.17, 15) is 9.90 Å². The third-order valence-electron chi connectivity index (χ3n) is 3.36. The maximum Gasteiger partial charge on any atom is 0.307 e. The summed E-state index contributed by atoms with van der Waals surface area (Å²) in [6.07, 6.45) is 5.29. The fraction of sp³-hybridized carbons (Fsp3) is 0.583. The first-order valence-corrected chi connectivity index (χ1v) is 5.92. The molecule has 5 heteroatoms. The number of carboxylic acids is 1. The number of aliphatic carboxylic acids is 1. The number of hydrogen-bond donors (Lipinski definition) is 1. The van der Waals surface area contributed by atoms with Crippen LogP contribution >= 0.6 is 0 Å². The molecule has 0 saturated carbocycles. The Morgan fingerprint density at radius 2 is 2.18 bits per heavy atom. The minimum atomic E-state index is -0.748. The fourth-order valence-electron chi connectivity index (χ4n) is 2.43. The molecule has 0 amide bonds. The molecule has 5 nitrogen and oxygen atoms in total. The second-order valence-electron chi connectivity index (χ2n) is 4.34. The van der Waals surface area contributed by atoms with E-state index in [1.54, 1.807) is 0 Å². The van der Waals surface area contributed by atoms with E-state index in [2.05, 4.69) is 10.2 Å². The number of allylic oxidation sites excluding steroid dienone is 2. The summed E-state index contributed by atoms with van der Waals surface area (Å²) in [5.41, 5.74) is 0. The van der Waals surface area contributed by atoms with Gasteiger partial charge in [-0.3, -0.25) is 4.79 Å². The molecule has 0 saturated heterocycles. The molecular weight excluding hydrogens is 218 g/mol. The molecule has 2 unspecified atom stereocenters. The Hall–Kier alpha value is -1.65. The lowest BCUT2D eigenvalue weighted by molar-refractivity contribution is -0.142. The lowest BCUT2D eigenvalue weighted by atomic mass is 9.82. The highest BCUT2D eigenvalue weighted by atomic mass is 16.4. The van der Waals surface area contributed by atoms with Crippen LogP contribution in [0.25, 0.3) is 0 Å². The third-order valence-corrected chi connectivity index (χ3v) is 3.36. The molecule has 0 radical (unpaired) electrons. The van der Waals surface area contributed by atoms with Crippen molar-refractivity contribution in [2.45, 2.75) is 39.2 Å². The lowest BCUT2D eigenvalue weighted by Crippen LogP contribution is -2.26. The van der Waals surface area contributed by atoms with E-state index in [-0.39, 0.29) is 11.8 Å². The summed E-state index contributed by atoms with van der Waals surface area (Å²) in [5.74, 6) is 0.471. The lowest BCUT2D eigenvalue weighted by Gasteiger charge is -2.24. The van der Waals surface area contributed by atoms with Crippen molar-refractivity contribution >= 4 is 5.97 Å². The van der Waals surface area contributed by atoms with Gasteiger partial charge in [0.15, 0.2) is 0 Å². The molecule has 1 aliphatic carbocycles. The van der Waals surface area contributed by atoms with Crippen molar-refractivity contribution in [1.82, 2.24) is 14.8 Å². The Morgan fingerprint density at radius 3 is 2.82 bits per heavy atom. The summed E-state index contributed by atoms with van der Waals surface area (Å²) in [6, 6.07) is 0. The molecule has 92 valence electrons. The molecule has 1 aliphatic rings. The van der Waals surface area contributed by atoms with Gasteiger partial charge in [0.1, 0.15) is 11.6 Å². The van der Waals surface area contributed by atoms with Crippen molar-refractivity contribution in [3.63, 3.8) is 0 Å². The van der Waals surface area contributed by atoms with Gasteiger partial charge in [-0.05, 0) is 26.7 Å². The normalized spacial score (nSPS) is 23.9. The SMILES string of the molecule is CCn1c(C)nnc1C1CC=CCC1C(=O)O. The predicted molar refractivity (Wildman–Crippen MR) is 62.7 cm³/mol. The van der Waals surface area contributed by atoms with Gasteiger partial charge in [-0.25, -0.2) is 0 Å². The fourth-order valence-corrected chi connectivity index (χ4v) is 2.43. The van der Waals surface area contributed by atoms with Crippen LogP contribution in [0.4, 0.5) is 0 Å². The Morgan fingerprint density at radius 1 is 1.47 bits per heavy atom. The third kappa shape index (κ3) is 2.09. The second kappa shape index (κ2) is 4.69. The number of carboxylic acid groups (broad SMARTS) is 1. The van der Waals surface area contributed by atoms with Crippen molar-refractivity contribution in [3.05, 3.63) is 23.8 Å². The van der Waals surface area contributed by atoms with Crippen LogP contribution in [-0.4, -0.2) is 25.8 Å². The average molecular weight is 235 g/mol. The maximum absolute atomic E-state index is 11.3. The zero-order valence-electron chi connectivity index (χ0n) is 10.1. The highest BCUT2D eigenvalue weighted by Crippen LogP contribution is 2.34. The molecule has 0 fully saturated rings. The molecule has 2 atom stereocenters. The standard InChI is InChI=1S/C12H17N3O2/c1-3-15-8(2)13-14-11(15)9-6-4-5-7-10(9)12(16)17/h4-5,9-10H,3,6-7H2,1-2H3,(H,16,17). The first-order chi connectivity index (χ1) is 8.15. The summed E-state index contributed by atoms with van der Waals surface area (Å²) in [6.45, 7) is 4.70. The molecule has 1 aromatic heterocycles. The van der Waals surface area contributed by atoms with E-state index in [1.165, 1.54) is 0 Å². The Labute approximate surface area is 100 Å². The Kier molecular flexibility index (Phi) is 3.26. The number of carbonyl (C=O) groups is 1. The second-order valence-corrected chi connectivity index (χ2v) is 4.34. The molecule has 0 aromatic carbocycles. The number of aromatic nitrogens is 3. The molecule has 1 aromatic rings. The molecule has 1 heterocycles. The summed E-state index contributed by atoms with van der Waals surface area (Å²) >= 11 is 0. The average Bonchev–Trinajstić information content (AvgIpc) is 2.70. The molecule has 1 N–H and O–H groups in total. The van der Waals surface area contributed by atoms with E-state index < -0.39 is 5.97 Å². The van der Waals surface area contributed by atoms with Crippen LogP contribution in [0.15, 0.2) is 12.2 Å². The van der Waals surface area contributed by atoms with Crippen molar-refractivity contribution in [2.24, 2.45) is 5.92 Å². The van der Waals surface area contributed by atoms with Gasteiger partial charge in [-0.15, -0.1) is 10.2 Å². The molecule has 0 bridgehead atoms. The van der Waals surface area contributed by atoms with E-state index in [0.29, 0.717) is 6.42 Å².